The van der Waals surface area contributed by atoms with Crippen LogP contribution in [-0.4, -0.2) is 34.2 Å². The lowest BCUT2D eigenvalue weighted by molar-refractivity contribution is -0.113. The van der Waals surface area contributed by atoms with E-state index in [4.69, 9.17) is 4.74 Å². The highest BCUT2D eigenvalue weighted by atomic mass is 32.2. The van der Waals surface area contributed by atoms with Crippen molar-refractivity contribution < 1.29 is 18.7 Å². The molecule has 4 rings (SSSR count). The predicted octanol–water partition coefficient (Wildman–Crippen LogP) is 5.65. The standard InChI is InChI=1S/C23H17FN4O3S3/c1-3-31-23(30)19-12(2)15(8-25)20(34-19)28-17(29)10-33-22-18-16(9-32-21(18)26-11-27-22)13-4-6-14(24)7-5-13/h4-7,9,11H,3,10H2,1-2H3,(H,28,29). The molecular formula is C23H17FN4O3S3. The van der Waals surface area contributed by atoms with Crippen molar-refractivity contribution in [3.63, 3.8) is 0 Å². The van der Waals surface area contributed by atoms with Crippen LogP contribution in [0.1, 0.15) is 27.7 Å². The van der Waals surface area contributed by atoms with Crippen LogP contribution in [0, 0.1) is 24.1 Å². The van der Waals surface area contributed by atoms with Gasteiger partial charge in [-0.2, -0.15) is 5.26 Å². The third kappa shape index (κ3) is 4.79. The molecule has 34 heavy (non-hydrogen) atoms. The molecule has 3 heterocycles. The Labute approximate surface area is 206 Å². The third-order valence-electron chi connectivity index (χ3n) is 4.80. The highest BCUT2D eigenvalue weighted by molar-refractivity contribution is 8.00. The summed E-state index contributed by atoms with van der Waals surface area (Å²) in [6.45, 7) is 3.56. The number of nitriles is 1. The van der Waals surface area contributed by atoms with Crippen LogP contribution in [0.25, 0.3) is 21.3 Å². The number of nitrogens with zero attached hydrogens (tertiary/aromatic N) is 3. The number of hydrogen-bond donors (Lipinski definition) is 1. The number of aromatic nitrogens is 2. The molecule has 1 N–H and O–H groups in total. The molecule has 0 spiro atoms. The summed E-state index contributed by atoms with van der Waals surface area (Å²) in [5, 5.41) is 15.9. The van der Waals surface area contributed by atoms with Gasteiger partial charge in [-0.3, -0.25) is 4.79 Å². The predicted molar refractivity (Wildman–Crippen MR) is 132 cm³/mol. The number of esters is 1. The maximum absolute atomic E-state index is 13.4. The van der Waals surface area contributed by atoms with E-state index in [2.05, 4.69) is 15.3 Å². The number of carbonyl (C=O) groups excluding carboxylic acids is 2. The first-order valence-corrected chi connectivity index (χ1v) is 12.7. The monoisotopic (exact) mass is 512 g/mol. The van der Waals surface area contributed by atoms with E-state index in [1.807, 2.05) is 11.4 Å². The van der Waals surface area contributed by atoms with E-state index in [1.165, 1.54) is 41.6 Å². The van der Waals surface area contributed by atoms with E-state index in [9.17, 15) is 19.2 Å². The molecule has 0 atom stereocenters. The average Bonchev–Trinajstić information content (AvgIpc) is 3.39. The zero-order valence-electron chi connectivity index (χ0n) is 18.0. The molecule has 3 aromatic heterocycles. The summed E-state index contributed by atoms with van der Waals surface area (Å²) in [5.74, 6) is -1.16. The van der Waals surface area contributed by atoms with Crippen molar-refractivity contribution in [1.82, 2.24) is 9.97 Å². The first-order chi connectivity index (χ1) is 16.4. The van der Waals surface area contributed by atoms with E-state index in [1.54, 1.807) is 26.0 Å². The van der Waals surface area contributed by atoms with Gasteiger partial charge < -0.3 is 10.1 Å². The molecule has 0 fully saturated rings. The van der Waals surface area contributed by atoms with Gasteiger partial charge in [0.05, 0.1) is 23.3 Å². The normalized spacial score (nSPS) is 10.8. The fraction of sp³-hybridized carbons (Fsp3) is 0.174. The van der Waals surface area contributed by atoms with Crippen LogP contribution < -0.4 is 5.32 Å². The summed E-state index contributed by atoms with van der Waals surface area (Å²) in [6.07, 6.45) is 1.44. The summed E-state index contributed by atoms with van der Waals surface area (Å²) in [4.78, 5) is 34.6. The van der Waals surface area contributed by atoms with Crippen LogP contribution in [0.5, 0.6) is 0 Å². The molecule has 7 nitrogen and oxygen atoms in total. The minimum atomic E-state index is -0.523. The van der Waals surface area contributed by atoms with E-state index in [-0.39, 0.29) is 29.6 Å². The topological polar surface area (TPSA) is 105 Å². The smallest absolute Gasteiger partial charge is 0.348 e. The molecule has 0 saturated heterocycles. The summed E-state index contributed by atoms with van der Waals surface area (Å²) in [6, 6.07) is 8.21. The summed E-state index contributed by atoms with van der Waals surface area (Å²) < 4.78 is 18.4. The fourth-order valence-corrected chi connectivity index (χ4v) is 6.08. The van der Waals surface area contributed by atoms with Crippen molar-refractivity contribution in [3.8, 4) is 17.2 Å². The second-order valence-electron chi connectivity index (χ2n) is 6.94. The molecule has 0 radical (unpaired) electrons. The minimum Gasteiger partial charge on any atom is -0.462 e. The maximum atomic E-state index is 13.4. The molecule has 0 unspecified atom stereocenters. The Hall–Kier alpha value is -3.33. The van der Waals surface area contributed by atoms with Crippen LogP contribution in [0.2, 0.25) is 0 Å². The van der Waals surface area contributed by atoms with Crippen molar-refractivity contribution in [2.75, 3.05) is 17.7 Å². The number of anilines is 1. The van der Waals surface area contributed by atoms with Crippen LogP contribution in [0.3, 0.4) is 0 Å². The quantitative estimate of drug-likeness (QED) is 0.194. The second-order valence-corrected chi connectivity index (χ2v) is 9.79. The Bertz CT molecular complexity index is 1420. The molecule has 0 saturated carbocycles. The van der Waals surface area contributed by atoms with Gasteiger partial charge >= 0.3 is 5.97 Å². The highest BCUT2D eigenvalue weighted by Gasteiger charge is 2.22. The van der Waals surface area contributed by atoms with Gasteiger partial charge in [0.15, 0.2) is 0 Å². The number of ether oxygens (including phenoxy) is 1. The molecule has 0 aliphatic rings. The number of halogens is 1. The number of thioether (sulfide) groups is 1. The van der Waals surface area contributed by atoms with Gasteiger partial charge in [0.25, 0.3) is 0 Å². The average molecular weight is 513 g/mol. The van der Waals surface area contributed by atoms with Gasteiger partial charge in [0, 0.05) is 10.9 Å². The van der Waals surface area contributed by atoms with Gasteiger partial charge in [0.2, 0.25) is 5.91 Å². The molecule has 0 bridgehead atoms. The lowest BCUT2D eigenvalue weighted by Gasteiger charge is -2.06. The molecule has 0 aliphatic heterocycles. The first-order valence-electron chi connectivity index (χ1n) is 10.0. The van der Waals surface area contributed by atoms with Crippen LogP contribution in [-0.2, 0) is 9.53 Å². The molecular weight excluding hydrogens is 495 g/mol. The zero-order valence-corrected chi connectivity index (χ0v) is 20.5. The lowest BCUT2D eigenvalue weighted by atomic mass is 10.1. The number of fused-ring (bicyclic) bond motifs is 1. The largest absolute Gasteiger partial charge is 0.462 e. The summed E-state index contributed by atoms with van der Waals surface area (Å²) in [7, 11) is 0. The van der Waals surface area contributed by atoms with E-state index in [0.717, 1.165) is 32.7 Å². The number of rotatable bonds is 7. The molecule has 11 heteroatoms. The van der Waals surface area contributed by atoms with Crippen molar-refractivity contribution in [2.24, 2.45) is 0 Å². The highest BCUT2D eigenvalue weighted by Crippen LogP contribution is 2.38. The molecule has 1 aromatic carbocycles. The first kappa shape index (κ1) is 23.8. The molecule has 4 aromatic rings. The van der Waals surface area contributed by atoms with Crippen molar-refractivity contribution in [3.05, 3.63) is 57.8 Å². The van der Waals surface area contributed by atoms with Gasteiger partial charge in [-0.15, -0.1) is 22.7 Å². The van der Waals surface area contributed by atoms with Gasteiger partial charge in [-0.05, 0) is 37.1 Å². The Morgan fingerprint density at radius 1 is 1.26 bits per heavy atom. The van der Waals surface area contributed by atoms with E-state index in [0.29, 0.717) is 20.5 Å². The number of amides is 1. The summed E-state index contributed by atoms with van der Waals surface area (Å²) >= 11 is 3.70. The van der Waals surface area contributed by atoms with Gasteiger partial charge in [0.1, 0.15) is 37.9 Å². The van der Waals surface area contributed by atoms with Crippen molar-refractivity contribution >= 4 is 61.5 Å². The zero-order chi connectivity index (χ0) is 24.2. The number of hydrogen-bond acceptors (Lipinski definition) is 9. The number of thiophene rings is 2. The van der Waals surface area contributed by atoms with Crippen LogP contribution in [0.15, 0.2) is 41.0 Å². The van der Waals surface area contributed by atoms with Crippen LogP contribution in [0.4, 0.5) is 9.39 Å². The molecule has 1 amide bonds. The minimum absolute atomic E-state index is 0.0291. The SMILES string of the molecule is CCOC(=O)c1sc(NC(=O)CSc2ncnc3scc(-c4ccc(F)cc4)c23)c(C#N)c1C. The lowest BCUT2D eigenvalue weighted by Crippen LogP contribution is -2.14. The molecule has 172 valence electrons. The van der Waals surface area contributed by atoms with E-state index < -0.39 is 5.97 Å². The van der Waals surface area contributed by atoms with Gasteiger partial charge in [-0.1, -0.05) is 23.9 Å². The van der Waals surface area contributed by atoms with Crippen molar-refractivity contribution in [1.29, 1.82) is 5.26 Å². The third-order valence-corrected chi connectivity index (χ3v) is 7.87. The summed E-state index contributed by atoms with van der Waals surface area (Å²) in [5.41, 5.74) is 2.41. The van der Waals surface area contributed by atoms with Crippen LogP contribution >= 0.6 is 34.4 Å². The Morgan fingerprint density at radius 2 is 2.03 bits per heavy atom. The van der Waals surface area contributed by atoms with Gasteiger partial charge in [-0.25, -0.2) is 19.2 Å². The molecule has 0 aliphatic carbocycles. The van der Waals surface area contributed by atoms with E-state index >= 15 is 0 Å². The Kier molecular flexibility index (Phi) is 7.21. The maximum Gasteiger partial charge on any atom is 0.348 e. The number of benzene rings is 1. The fourth-order valence-electron chi connectivity index (χ4n) is 3.22. The Morgan fingerprint density at radius 3 is 2.74 bits per heavy atom. The number of nitrogens with one attached hydrogen (secondary N) is 1. The Balaban J connectivity index is 1.54. The number of carbonyl (C=O) groups is 2. The second kappa shape index (κ2) is 10.3. The van der Waals surface area contributed by atoms with Crippen molar-refractivity contribution in [2.45, 2.75) is 18.9 Å².